The monoisotopic (exact) mass is 335 g/mol. The lowest BCUT2D eigenvalue weighted by Gasteiger charge is -2.27. The third kappa shape index (κ3) is 2.24. The maximum absolute atomic E-state index is 3.61. The summed E-state index contributed by atoms with van der Waals surface area (Å²) in [7, 11) is 0. The van der Waals surface area contributed by atoms with Crippen LogP contribution in [0.1, 0.15) is 22.7 Å². The Labute approximate surface area is 115 Å². The second kappa shape index (κ2) is 4.78. The van der Waals surface area contributed by atoms with Crippen LogP contribution in [-0.4, -0.2) is 6.54 Å². The van der Waals surface area contributed by atoms with Crippen molar-refractivity contribution in [3.8, 4) is 0 Å². The Hall–Kier alpha value is -0.870. The number of nitrogens with one attached hydrogen (secondary N) is 1. The Morgan fingerprint density at radius 2 is 1.76 bits per heavy atom. The number of hydrogen-bond donors (Lipinski definition) is 1. The van der Waals surface area contributed by atoms with E-state index in [0.29, 0.717) is 6.04 Å². The standard InChI is InChI=1S/C15H14IN/c16-13-7-5-12(6-8-13)15-14-4-2-1-3-11(14)9-10-17-15/h1-8,15,17H,9-10H2/t15-/m0/s1. The van der Waals surface area contributed by atoms with Crippen LogP contribution in [-0.2, 0) is 6.42 Å². The Balaban J connectivity index is 2.03. The summed E-state index contributed by atoms with van der Waals surface area (Å²) in [5.74, 6) is 0. The Morgan fingerprint density at radius 3 is 2.59 bits per heavy atom. The Bertz CT molecular complexity index is 519. The molecule has 86 valence electrons. The van der Waals surface area contributed by atoms with Gasteiger partial charge in [-0.2, -0.15) is 0 Å². The van der Waals surface area contributed by atoms with Crippen molar-refractivity contribution in [3.05, 3.63) is 68.8 Å². The first kappa shape index (κ1) is 11.2. The van der Waals surface area contributed by atoms with E-state index in [0.717, 1.165) is 13.0 Å². The highest BCUT2D eigenvalue weighted by Gasteiger charge is 2.20. The summed E-state index contributed by atoms with van der Waals surface area (Å²) in [6.07, 6.45) is 1.14. The van der Waals surface area contributed by atoms with Gasteiger partial charge in [-0.05, 0) is 57.8 Å². The van der Waals surface area contributed by atoms with Gasteiger partial charge in [0, 0.05) is 10.1 Å². The van der Waals surface area contributed by atoms with E-state index < -0.39 is 0 Å². The third-order valence-corrected chi connectivity index (χ3v) is 4.03. The van der Waals surface area contributed by atoms with E-state index in [-0.39, 0.29) is 0 Å². The molecule has 0 unspecified atom stereocenters. The van der Waals surface area contributed by atoms with Crippen molar-refractivity contribution in [2.24, 2.45) is 0 Å². The smallest absolute Gasteiger partial charge is 0.0579 e. The Kier molecular flexibility index (Phi) is 3.16. The van der Waals surface area contributed by atoms with Gasteiger partial charge in [0.1, 0.15) is 0 Å². The molecular weight excluding hydrogens is 321 g/mol. The fraction of sp³-hybridized carbons (Fsp3) is 0.200. The maximum atomic E-state index is 3.61. The average Bonchev–Trinajstić information content (AvgIpc) is 2.39. The minimum atomic E-state index is 0.358. The van der Waals surface area contributed by atoms with Gasteiger partial charge in [-0.25, -0.2) is 0 Å². The highest BCUT2D eigenvalue weighted by Crippen LogP contribution is 2.28. The molecule has 2 aromatic rings. The first-order valence-electron chi connectivity index (χ1n) is 5.91. The minimum absolute atomic E-state index is 0.358. The second-order valence-electron chi connectivity index (χ2n) is 4.39. The van der Waals surface area contributed by atoms with Crippen LogP contribution in [0.4, 0.5) is 0 Å². The van der Waals surface area contributed by atoms with Gasteiger partial charge in [0.25, 0.3) is 0 Å². The third-order valence-electron chi connectivity index (χ3n) is 3.31. The van der Waals surface area contributed by atoms with Gasteiger partial charge in [-0.1, -0.05) is 36.4 Å². The van der Waals surface area contributed by atoms with Crippen LogP contribution in [0.5, 0.6) is 0 Å². The van der Waals surface area contributed by atoms with Crippen molar-refractivity contribution in [2.75, 3.05) is 6.54 Å². The van der Waals surface area contributed by atoms with Crippen LogP contribution in [0.3, 0.4) is 0 Å². The predicted octanol–water partition coefficient (Wildman–Crippen LogP) is 3.53. The van der Waals surface area contributed by atoms with E-state index in [2.05, 4.69) is 76.4 Å². The van der Waals surface area contributed by atoms with E-state index in [4.69, 9.17) is 0 Å². The molecule has 3 rings (SSSR count). The number of halogens is 1. The molecule has 0 saturated carbocycles. The summed E-state index contributed by atoms with van der Waals surface area (Å²) in [6.45, 7) is 1.06. The largest absolute Gasteiger partial charge is 0.306 e. The molecule has 1 N–H and O–H groups in total. The number of rotatable bonds is 1. The SMILES string of the molecule is Ic1ccc([C@@H]2NCCc3ccccc32)cc1. The minimum Gasteiger partial charge on any atom is -0.306 e. The van der Waals surface area contributed by atoms with Gasteiger partial charge >= 0.3 is 0 Å². The second-order valence-corrected chi connectivity index (χ2v) is 5.63. The van der Waals surface area contributed by atoms with Crippen molar-refractivity contribution in [1.82, 2.24) is 5.32 Å². The summed E-state index contributed by atoms with van der Waals surface area (Å²) < 4.78 is 1.29. The van der Waals surface area contributed by atoms with Crippen LogP contribution >= 0.6 is 22.6 Å². The number of fused-ring (bicyclic) bond motifs is 1. The van der Waals surface area contributed by atoms with Crippen LogP contribution < -0.4 is 5.32 Å². The van der Waals surface area contributed by atoms with Crippen molar-refractivity contribution in [3.63, 3.8) is 0 Å². The molecule has 1 nitrogen and oxygen atoms in total. The summed E-state index contributed by atoms with van der Waals surface area (Å²) in [6, 6.07) is 17.9. The molecule has 0 bridgehead atoms. The first-order chi connectivity index (χ1) is 8.34. The van der Waals surface area contributed by atoms with E-state index in [1.807, 2.05) is 0 Å². The topological polar surface area (TPSA) is 12.0 Å². The van der Waals surface area contributed by atoms with Crippen molar-refractivity contribution >= 4 is 22.6 Å². The molecule has 0 aliphatic carbocycles. The molecule has 1 atom stereocenters. The molecule has 2 heteroatoms. The van der Waals surface area contributed by atoms with Gasteiger partial charge in [-0.15, -0.1) is 0 Å². The van der Waals surface area contributed by atoms with Gasteiger partial charge in [0.15, 0.2) is 0 Å². The molecular formula is C15H14IN. The van der Waals surface area contributed by atoms with Crippen molar-refractivity contribution < 1.29 is 0 Å². The molecule has 0 radical (unpaired) electrons. The molecule has 2 aromatic carbocycles. The fourth-order valence-electron chi connectivity index (χ4n) is 2.46. The molecule has 0 fully saturated rings. The van der Waals surface area contributed by atoms with Gasteiger partial charge in [0.2, 0.25) is 0 Å². The quantitative estimate of drug-likeness (QED) is 0.787. The zero-order chi connectivity index (χ0) is 11.7. The van der Waals surface area contributed by atoms with Crippen LogP contribution in [0.25, 0.3) is 0 Å². The van der Waals surface area contributed by atoms with Crippen LogP contribution in [0, 0.1) is 3.57 Å². The highest BCUT2D eigenvalue weighted by molar-refractivity contribution is 14.1. The lowest BCUT2D eigenvalue weighted by Crippen LogP contribution is -2.30. The molecule has 1 aliphatic heterocycles. The number of hydrogen-bond acceptors (Lipinski definition) is 1. The summed E-state index contributed by atoms with van der Waals surface area (Å²) >= 11 is 2.35. The lowest BCUT2D eigenvalue weighted by molar-refractivity contribution is 0.568. The van der Waals surface area contributed by atoms with Gasteiger partial charge < -0.3 is 5.32 Å². The first-order valence-corrected chi connectivity index (χ1v) is 6.99. The van der Waals surface area contributed by atoms with Crippen LogP contribution in [0.2, 0.25) is 0 Å². The van der Waals surface area contributed by atoms with E-state index >= 15 is 0 Å². The number of benzene rings is 2. The molecule has 17 heavy (non-hydrogen) atoms. The zero-order valence-electron chi connectivity index (χ0n) is 9.49. The highest BCUT2D eigenvalue weighted by atomic mass is 127. The molecule has 1 heterocycles. The molecule has 0 saturated heterocycles. The van der Waals surface area contributed by atoms with Crippen molar-refractivity contribution in [2.45, 2.75) is 12.5 Å². The molecule has 0 aromatic heterocycles. The predicted molar refractivity (Wildman–Crippen MR) is 79.2 cm³/mol. The molecule has 0 spiro atoms. The normalized spacial score (nSPS) is 18.8. The summed E-state index contributed by atoms with van der Waals surface area (Å²) in [5.41, 5.74) is 4.27. The van der Waals surface area contributed by atoms with E-state index in [9.17, 15) is 0 Å². The van der Waals surface area contributed by atoms with Crippen molar-refractivity contribution in [1.29, 1.82) is 0 Å². The zero-order valence-corrected chi connectivity index (χ0v) is 11.6. The lowest BCUT2D eigenvalue weighted by atomic mass is 9.90. The molecule has 1 aliphatic rings. The summed E-state index contributed by atoms with van der Waals surface area (Å²) in [4.78, 5) is 0. The van der Waals surface area contributed by atoms with E-state index in [1.54, 1.807) is 0 Å². The average molecular weight is 335 g/mol. The maximum Gasteiger partial charge on any atom is 0.0579 e. The fourth-order valence-corrected chi connectivity index (χ4v) is 2.82. The van der Waals surface area contributed by atoms with Gasteiger partial charge in [0.05, 0.1) is 6.04 Å². The molecule has 0 amide bonds. The van der Waals surface area contributed by atoms with Gasteiger partial charge in [-0.3, -0.25) is 0 Å². The van der Waals surface area contributed by atoms with Crippen LogP contribution in [0.15, 0.2) is 48.5 Å². The van der Waals surface area contributed by atoms with E-state index in [1.165, 1.54) is 20.3 Å². The summed E-state index contributed by atoms with van der Waals surface area (Å²) in [5, 5.41) is 3.61. The Morgan fingerprint density at radius 1 is 1.00 bits per heavy atom.